The van der Waals surface area contributed by atoms with Gasteiger partial charge >= 0.3 is 5.97 Å². The summed E-state index contributed by atoms with van der Waals surface area (Å²) in [4.78, 5) is 14.0. The molecule has 0 spiro atoms. The summed E-state index contributed by atoms with van der Waals surface area (Å²) in [5, 5.41) is 32.4. The topological polar surface area (TPSA) is 81.0 Å². The van der Waals surface area contributed by atoms with E-state index in [0.717, 1.165) is 55.6 Å². The fraction of sp³-hybridized carbons (Fsp3) is 0.424. The Morgan fingerprint density at radius 1 is 0.974 bits per heavy atom. The molecule has 0 radical (unpaired) electrons. The van der Waals surface area contributed by atoms with Crippen LogP contribution in [0.15, 0.2) is 96.6 Å². The van der Waals surface area contributed by atoms with Gasteiger partial charge in [-0.1, -0.05) is 91.0 Å². The van der Waals surface area contributed by atoms with Gasteiger partial charge in [-0.15, -0.1) is 0 Å². The number of aliphatic carboxylic acids is 1. The molecule has 1 aliphatic heterocycles. The summed E-state index contributed by atoms with van der Waals surface area (Å²) >= 11 is 0. The van der Waals surface area contributed by atoms with E-state index in [0.29, 0.717) is 6.42 Å². The number of piperidine rings is 1. The molecule has 2 aromatic rings. The van der Waals surface area contributed by atoms with Gasteiger partial charge in [-0.3, -0.25) is 4.79 Å². The van der Waals surface area contributed by atoms with Gasteiger partial charge in [0.2, 0.25) is 0 Å². The summed E-state index contributed by atoms with van der Waals surface area (Å²) in [5.74, 6) is -0.867. The Bertz CT molecular complexity index is 1100. The molecule has 0 amide bonds. The maximum absolute atomic E-state index is 12.1. The van der Waals surface area contributed by atoms with E-state index in [-0.39, 0.29) is 11.8 Å². The van der Waals surface area contributed by atoms with Gasteiger partial charge in [0.1, 0.15) is 5.60 Å². The number of aliphatic hydroxyl groups excluding tert-OH is 1. The van der Waals surface area contributed by atoms with Crippen molar-refractivity contribution in [3.05, 3.63) is 108 Å². The molecule has 1 saturated heterocycles. The molecule has 1 aliphatic carbocycles. The van der Waals surface area contributed by atoms with Gasteiger partial charge in [-0.2, -0.15) is 0 Å². The lowest BCUT2D eigenvalue weighted by atomic mass is 9.72. The van der Waals surface area contributed by atoms with Crippen LogP contribution in [-0.2, 0) is 10.4 Å². The first-order valence-electron chi connectivity index (χ1n) is 13.8. The number of carboxylic acid groups (broad SMARTS) is 1. The van der Waals surface area contributed by atoms with Gasteiger partial charge < -0.3 is 20.2 Å². The van der Waals surface area contributed by atoms with Crippen LogP contribution in [0, 0.1) is 17.3 Å². The van der Waals surface area contributed by atoms with E-state index in [1.807, 2.05) is 91.0 Å². The Labute approximate surface area is 226 Å². The number of hydrogen-bond donors (Lipinski definition) is 3. The number of benzene rings is 2. The molecule has 202 valence electrons. The van der Waals surface area contributed by atoms with Crippen LogP contribution in [0.25, 0.3) is 0 Å². The van der Waals surface area contributed by atoms with Crippen LogP contribution in [0.2, 0.25) is 0 Å². The van der Waals surface area contributed by atoms with Crippen LogP contribution in [0.4, 0.5) is 0 Å². The fourth-order valence-corrected chi connectivity index (χ4v) is 5.73. The smallest absolute Gasteiger partial charge is 0.313 e. The second-order valence-corrected chi connectivity index (χ2v) is 11.2. The van der Waals surface area contributed by atoms with Crippen molar-refractivity contribution in [3.8, 4) is 0 Å². The number of carboxylic acids is 1. The van der Waals surface area contributed by atoms with Gasteiger partial charge in [-0.25, -0.2) is 0 Å². The van der Waals surface area contributed by atoms with Crippen LogP contribution < -0.4 is 0 Å². The zero-order valence-corrected chi connectivity index (χ0v) is 22.5. The second kappa shape index (κ2) is 12.2. The van der Waals surface area contributed by atoms with Crippen LogP contribution in [0.5, 0.6) is 0 Å². The Morgan fingerprint density at radius 2 is 1.55 bits per heavy atom. The summed E-state index contributed by atoms with van der Waals surface area (Å²) < 4.78 is 0. The molecule has 2 unspecified atom stereocenters. The molecular weight excluding hydrogens is 474 g/mol. The first-order chi connectivity index (χ1) is 18.2. The molecule has 0 bridgehead atoms. The van der Waals surface area contributed by atoms with Gasteiger partial charge in [0.25, 0.3) is 0 Å². The largest absolute Gasteiger partial charge is 0.481 e. The zero-order chi connectivity index (χ0) is 27.2. The molecule has 3 N–H and O–H groups in total. The van der Waals surface area contributed by atoms with E-state index >= 15 is 0 Å². The highest BCUT2D eigenvalue weighted by atomic mass is 16.4. The molecule has 1 heterocycles. The minimum Gasteiger partial charge on any atom is -0.481 e. The highest BCUT2D eigenvalue weighted by molar-refractivity contribution is 5.78. The third-order valence-electron chi connectivity index (χ3n) is 8.39. The Balaban J connectivity index is 1.30. The number of hydrogen-bond acceptors (Lipinski definition) is 4. The van der Waals surface area contributed by atoms with Crippen molar-refractivity contribution >= 4 is 5.97 Å². The lowest BCUT2D eigenvalue weighted by molar-refractivity contribution is -0.144. The average Bonchev–Trinajstić information content (AvgIpc) is 3.21. The zero-order valence-electron chi connectivity index (χ0n) is 22.5. The van der Waals surface area contributed by atoms with E-state index in [1.54, 1.807) is 13.8 Å². The molecule has 2 atom stereocenters. The van der Waals surface area contributed by atoms with E-state index < -0.39 is 23.1 Å². The SMILES string of the molecule is CC(C)(C(=O)O)C1=CC=CC(C(O)CCCN2CCC(C(O)(c3ccccc3)c3ccccc3)CC2)C=C1. The van der Waals surface area contributed by atoms with Crippen molar-refractivity contribution in [3.63, 3.8) is 0 Å². The first-order valence-corrected chi connectivity index (χ1v) is 13.8. The van der Waals surface area contributed by atoms with Crippen molar-refractivity contribution in [2.45, 2.75) is 51.2 Å². The van der Waals surface area contributed by atoms with Crippen LogP contribution >= 0.6 is 0 Å². The maximum Gasteiger partial charge on any atom is 0.313 e. The van der Waals surface area contributed by atoms with Crippen molar-refractivity contribution in [1.29, 1.82) is 0 Å². The van der Waals surface area contributed by atoms with Crippen molar-refractivity contribution in [2.24, 2.45) is 17.3 Å². The van der Waals surface area contributed by atoms with E-state index in [2.05, 4.69) is 4.90 Å². The standard InChI is InChI=1S/C33H41NO4/c1-32(2,31(36)37)26-16-9-11-25(18-19-26)30(35)17-10-22-34-23-20-29(21-24-34)33(38,27-12-5-3-6-13-27)28-14-7-4-8-15-28/h3-9,11-16,18-19,25,29-30,35,38H,10,17,20-24H2,1-2H3,(H,36,37). The molecule has 0 saturated carbocycles. The molecule has 5 nitrogen and oxygen atoms in total. The molecule has 4 rings (SSSR count). The molecule has 2 aliphatic rings. The van der Waals surface area contributed by atoms with E-state index in [9.17, 15) is 20.1 Å². The minimum absolute atomic E-state index is 0.132. The molecule has 1 fully saturated rings. The minimum atomic E-state index is -1.01. The predicted molar refractivity (Wildman–Crippen MR) is 152 cm³/mol. The second-order valence-electron chi connectivity index (χ2n) is 11.2. The van der Waals surface area contributed by atoms with Crippen LogP contribution in [-0.4, -0.2) is 51.9 Å². The Morgan fingerprint density at radius 3 is 2.11 bits per heavy atom. The summed E-state index contributed by atoms with van der Waals surface area (Å²) in [7, 11) is 0. The Kier molecular flexibility index (Phi) is 9.03. The summed E-state index contributed by atoms with van der Waals surface area (Å²) in [6, 6.07) is 20.0. The molecule has 2 aromatic carbocycles. The highest BCUT2D eigenvalue weighted by Crippen LogP contribution is 2.42. The quantitative estimate of drug-likeness (QED) is 0.386. The third kappa shape index (κ3) is 6.17. The first kappa shape index (κ1) is 28.0. The predicted octanol–water partition coefficient (Wildman–Crippen LogP) is 5.56. The van der Waals surface area contributed by atoms with Gasteiger partial charge in [0, 0.05) is 5.92 Å². The monoisotopic (exact) mass is 515 g/mol. The molecule has 5 heteroatoms. The average molecular weight is 516 g/mol. The van der Waals surface area contributed by atoms with E-state index in [4.69, 9.17) is 0 Å². The molecule has 38 heavy (non-hydrogen) atoms. The number of aliphatic hydroxyl groups is 2. The highest BCUT2D eigenvalue weighted by Gasteiger charge is 2.41. The van der Waals surface area contributed by atoms with Gasteiger partial charge in [0.05, 0.1) is 11.5 Å². The normalized spacial score (nSPS) is 20.1. The lowest BCUT2D eigenvalue weighted by Crippen LogP contribution is -2.44. The maximum atomic E-state index is 12.1. The molecule has 0 aromatic heterocycles. The van der Waals surface area contributed by atoms with Gasteiger partial charge in [-0.05, 0) is 81.8 Å². The summed E-state index contributed by atoms with van der Waals surface area (Å²) in [6.45, 7) is 6.14. The van der Waals surface area contributed by atoms with Crippen molar-refractivity contribution < 1.29 is 20.1 Å². The summed E-state index contributed by atoms with van der Waals surface area (Å²) in [6.07, 6.45) is 12.3. The molecular formula is C33H41NO4. The number of likely N-dealkylation sites (tertiary alicyclic amines) is 1. The van der Waals surface area contributed by atoms with Crippen LogP contribution in [0.1, 0.15) is 50.7 Å². The van der Waals surface area contributed by atoms with Crippen molar-refractivity contribution in [1.82, 2.24) is 4.90 Å². The van der Waals surface area contributed by atoms with Gasteiger partial charge in [0.15, 0.2) is 0 Å². The number of carbonyl (C=O) groups is 1. The van der Waals surface area contributed by atoms with E-state index in [1.165, 1.54) is 0 Å². The fourth-order valence-electron chi connectivity index (χ4n) is 5.73. The number of allylic oxidation sites excluding steroid dienone is 3. The Hall–Kier alpha value is -2.99. The van der Waals surface area contributed by atoms with Crippen molar-refractivity contribution in [2.75, 3.05) is 19.6 Å². The summed E-state index contributed by atoms with van der Waals surface area (Å²) in [5.41, 5.74) is 0.638. The third-order valence-corrected chi connectivity index (χ3v) is 8.39. The van der Waals surface area contributed by atoms with Crippen LogP contribution in [0.3, 0.4) is 0 Å². The number of rotatable bonds is 10. The lowest BCUT2D eigenvalue weighted by Gasteiger charge is -2.42. The number of nitrogens with zero attached hydrogens (tertiary/aromatic N) is 1.